The molecule has 5 heteroatoms. The number of rotatable bonds is 2. The van der Waals surface area contributed by atoms with Gasteiger partial charge in [0.2, 0.25) is 0 Å². The third-order valence-corrected chi connectivity index (χ3v) is 3.49. The molecule has 1 amide bonds. The Labute approximate surface area is 118 Å². The van der Waals surface area contributed by atoms with Crippen molar-refractivity contribution in [3.8, 4) is 0 Å². The lowest BCUT2D eigenvalue weighted by Crippen LogP contribution is -2.14. The van der Waals surface area contributed by atoms with Crippen LogP contribution in [-0.4, -0.2) is 5.91 Å². The van der Waals surface area contributed by atoms with Gasteiger partial charge in [0.1, 0.15) is 5.82 Å². The third-order valence-electron chi connectivity index (χ3n) is 2.80. The van der Waals surface area contributed by atoms with Crippen molar-refractivity contribution in [1.82, 2.24) is 0 Å². The fourth-order valence-corrected chi connectivity index (χ4v) is 2.08. The van der Waals surface area contributed by atoms with E-state index in [9.17, 15) is 9.18 Å². The lowest BCUT2D eigenvalue weighted by Gasteiger charge is -2.11. The predicted molar refractivity (Wildman–Crippen MR) is 77.6 cm³/mol. The average Bonchev–Trinajstić information content (AvgIpc) is 2.38. The van der Waals surface area contributed by atoms with Crippen LogP contribution in [0.15, 0.2) is 40.9 Å². The zero-order valence-electron chi connectivity index (χ0n) is 10.2. The summed E-state index contributed by atoms with van der Waals surface area (Å²) < 4.78 is 13.7. The molecule has 0 fully saturated rings. The molecule has 0 heterocycles. The maximum absolute atomic E-state index is 13.2. The molecule has 0 saturated carbocycles. The van der Waals surface area contributed by atoms with Gasteiger partial charge in [-0.3, -0.25) is 4.79 Å². The van der Waals surface area contributed by atoms with Gasteiger partial charge in [0.05, 0.1) is 5.56 Å². The molecular formula is C14H12BrFN2O. The summed E-state index contributed by atoms with van der Waals surface area (Å²) in [7, 11) is 0. The Morgan fingerprint density at radius 1 is 1.32 bits per heavy atom. The smallest absolute Gasteiger partial charge is 0.256 e. The summed E-state index contributed by atoms with van der Waals surface area (Å²) >= 11 is 3.23. The van der Waals surface area contributed by atoms with Gasteiger partial charge >= 0.3 is 0 Å². The van der Waals surface area contributed by atoms with E-state index in [1.54, 1.807) is 18.2 Å². The molecule has 0 radical (unpaired) electrons. The molecule has 0 aromatic heterocycles. The van der Waals surface area contributed by atoms with Crippen molar-refractivity contribution in [1.29, 1.82) is 0 Å². The first-order chi connectivity index (χ1) is 8.99. The van der Waals surface area contributed by atoms with Crippen molar-refractivity contribution >= 4 is 33.2 Å². The number of halogens is 2. The molecule has 19 heavy (non-hydrogen) atoms. The van der Waals surface area contributed by atoms with Crippen LogP contribution in [-0.2, 0) is 0 Å². The number of carbonyl (C=O) groups is 1. The molecule has 0 aliphatic carbocycles. The molecule has 0 aliphatic heterocycles. The Morgan fingerprint density at radius 3 is 2.79 bits per heavy atom. The highest BCUT2D eigenvalue weighted by molar-refractivity contribution is 9.10. The summed E-state index contributed by atoms with van der Waals surface area (Å²) in [5.41, 5.74) is 7.99. The lowest BCUT2D eigenvalue weighted by molar-refractivity contribution is 0.102. The maximum atomic E-state index is 13.2. The van der Waals surface area contributed by atoms with Gasteiger partial charge in [0.15, 0.2) is 0 Å². The van der Waals surface area contributed by atoms with Gasteiger partial charge in [0, 0.05) is 15.8 Å². The van der Waals surface area contributed by atoms with E-state index in [1.807, 2.05) is 6.92 Å². The Bertz CT molecular complexity index is 643. The summed E-state index contributed by atoms with van der Waals surface area (Å²) in [4.78, 5) is 12.1. The molecule has 3 N–H and O–H groups in total. The number of nitrogen functional groups attached to an aromatic ring is 1. The number of anilines is 2. The van der Waals surface area contributed by atoms with Gasteiger partial charge in [-0.25, -0.2) is 4.39 Å². The summed E-state index contributed by atoms with van der Waals surface area (Å²) in [6.45, 7) is 1.81. The van der Waals surface area contributed by atoms with Crippen molar-refractivity contribution in [2.45, 2.75) is 6.92 Å². The van der Waals surface area contributed by atoms with E-state index in [-0.39, 0.29) is 11.5 Å². The van der Waals surface area contributed by atoms with Crippen molar-refractivity contribution in [2.24, 2.45) is 0 Å². The molecule has 0 atom stereocenters. The van der Waals surface area contributed by atoms with E-state index >= 15 is 0 Å². The molecule has 98 valence electrons. The highest BCUT2D eigenvalue weighted by Gasteiger charge is 2.12. The number of nitrogens with one attached hydrogen (secondary N) is 1. The van der Waals surface area contributed by atoms with Gasteiger partial charge in [-0.1, -0.05) is 6.07 Å². The van der Waals surface area contributed by atoms with Crippen LogP contribution in [0.2, 0.25) is 0 Å². The standard InChI is InChI=1S/C14H12BrFN2O/c1-8-12(17)3-2-4-13(8)18-14(19)10-7-9(16)5-6-11(10)15/h2-7H,17H2,1H3,(H,18,19). The second-order valence-electron chi connectivity index (χ2n) is 4.10. The van der Waals surface area contributed by atoms with Crippen LogP contribution < -0.4 is 11.1 Å². The fraction of sp³-hybridized carbons (Fsp3) is 0.0714. The van der Waals surface area contributed by atoms with Crippen LogP contribution >= 0.6 is 15.9 Å². The van der Waals surface area contributed by atoms with Crippen LogP contribution in [0, 0.1) is 12.7 Å². The van der Waals surface area contributed by atoms with Crippen LogP contribution in [0.3, 0.4) is 0 Å². The van der Waals surface area contributed by atoms with Gasteiger partial charge in [0.25, 0.3) is 5.91 Å². The molecular weight excluding hydrogens is 311 g/mol. The molecule has 0 aliphatic rings. The minimum atomic E-state index is -0.461. The highest BCUT2D eigenvalue weighted by atomic mass is 79.9. The van der Waals surface area contributed by atoms with E-state index in [4.69, 9.17) is 5.73 Å². The topological polar surface area (TPSA) is 55.1 Å². The van der Waals surface area contributed by atoms with Gasteiger partial charge in [-0.2, -0.15) is 0 Å². The first kappa shape index (κ1) is 13.5. The molecule has 0 bridgehead atoms. The largest absolute Gasteiger partial charge is 0.398 e. The Morgan fingerprint density at radius 2 is 2.05 bits per heavy atom. The lowest BCUT2D eigenvalue weighted by atomic mass is 10.1. The number of benzene rings is 2. The van der Waals surface area contributed by atoms with Crippen LogP contribution in [0.25, 0.3) is 0 Å². The predicted octanol–water partition coefficient (Wildman–Crippen LogP) is 3.73. The fourth-order valence-electron chi connectivity index (χ4n) is 1.65. The van der Waals surface area contributed by atoms with E-state index < -0.39 is 5.82 Å². The minimum Gasteiger partial charge on any atom is -0.398 e. The van der Waals surface area contributed by atoms with Crippen LogP contribution in [0.5, 0.6) is 0 Å². The second-order valence-corrected chi connectivity index (χ2v) is 4.95. The molecule has 3 nitrogen and oxygen atoms in total. The Kier molecular flexibility index (Phi) is 3.85. The first-order valence-electron chi connectivity index (χ1n) is 5.60. The monoisotopic (exact) mass is 322 g/mol. The molecule has 0 unspecified atom stereocenters. The summed E-state index contributed by atoms with van der Waals surface area (Å²) in [5.74, 6) is -0.849. The van der Waals surface area contributed by atoms with Crippen LogP contribution in [0.4, 0.5) is 15.8 Å². The second kappa shape index (κ2) is 5.40. The van der Waals surface area contributed by atoms with Gasteiger partial charge < -0.3 is 11.1 Å². The molecule has 0 spiro atoms. The van der Waals surface area contributed by atoms with Crippen molar-refractivity contribution in [3.05, 3.63) is 57.8 Å². The quantitative estimate of drug-likeness (QED) is 0.828. The summed E-state index contributed by atoms with van der Waals surface area (Å²) in [6, 6.07) is 9.21. The van der Waals surface area contributed by atoms with Crippen molar-refractivity contribution in [2.75, 3.05) is 11.1 Å². The average molecular weight is 323 g/mol. The number of nitrogens with two attached hydrogens (primary N) is 1. The zero-order chi connectivity index (χ0) is 14.0. The minimum absolute atomic E-state index is 0.238. The third kappa shape index (κ3) is 2.93. The normalized spacial score (nSPS) is 10.3. The Hall–Kier alpha value is -1.88. The number of hydrogen-bond donors (Lipinski definition) is 2. The molecule has 0 saturated heterocycles. The molecule has 2 rings (SSSR count). The van der Waals surface area contributed by atoms with E-state index in [0.29, 0.717) is 15.8 Å². The number of carbonyl (C=O) groups excluding carboxylic acids is 1. The number of hydrogen-bond acceptors (Lipinski definition) is 2. The molecule has 2 aromatic carbocycles. The van der Waals surface area contributed by atoms with Crippen LogP contribution in [0.1, 0.15) is 15.9 Å². The summed E-state index contributed by atoms with van der Waals surface area (Å²) in [5, 5.41) is 2.72. The highest BCUT2D eigenvalue weighted by Crippen LogP contribution is 2.23. The van der Waals surface area contributed by atoms with Gasteiger partial charge in [-0.05, 0) is 58.7 Å². The van der Waals surface area contributed by atoms with Crippen molar-refractivity contribution in [3.63, 3.8) is 0 Å². The number of amides is 1. The SMILES string of the molecule is Cc1c(N)cccc1NC(=O)c1cc(F)ccc1Br. The van der Waals surface area contributed by atoms with Crippen molar-refractivity contribution < 1.29 is 9.18 Å². The van der Waals surface area contributed by atoms with E-state index in [2.05, 4.69) is 21.2 Å². The zero-order valence-corrected chi connectivity index (χ0v) is 11.8. The summed E-state index contributed by atoms with van der Waals surface area (Å²) in [6.07, 6.45) is 0. The maximum Gasteiger partial charge on any atom is 0.256 e. The molecule has 2 aromatic rings. The van der Waals surface area contributed by atoms with E-state index in [0.717, 1.165) is 5.56 Å². The van der Waals surface area contributed by atoms with E-state index in [1.165, 1.54) is 18.2 Å². The first-order valence-corrected chi connectivity index (χ1v) is 6.40. The Balaban J connectivity index is 2.31. The van der Waals surface area contributed by atoms with Gasteiger partial charge in [-0.15, -0.1) is 0 Å².